The molecule has 2 atom stereocenters. The van der Waals surface area contributed by atoms with Crippen molar-refractivity contribution in [2.45, 2.75) is 75.4 Å². The van der Waals surface area contributed by atoms with Crippen LogP contribution in [0.1, 0.15) is 72.7 Å². The second-order valence-corrected chi connectivity index (χ2v) is 13.6. The molecule has 44 heavy (non-hydrogen) atoms. The Morgan fingerprint density at radius 2 is 1.82 bits per heavy atom. The molecule has 9 heteroatoms. The summed E-state index contributed by atoms with van der Waals surface area (Å²) in [6.07, 6.45) is 7.40. The fourth-order valence-electron chi connectivity index (χ4n) is 8.54. The third-order valence-electron chi connectivity index (χ3n) is 10.8. The molecule has 3 saturated heterocycles. The lowest BCUT2D eigenvalue weighted by atomic mass is 9.70. The Morgan fingerprint density at radius 1 is 1.02 bits per heavy atom. The third kappa shape index (κ3) is 4.85. The predicted molar refractivity (Wildman–Crippen MR) is 172 cm³/mol. The molecule has 1 N–H and O–H groups in total. The Morgan fingerprint density at radius 3 is 2.61 bits per heavy atom. The van der Waals surface area contributed by atoms with E-state index in [2.05, 4.69) is 51.4 Å². The Balaban J connectivity index is 0.986. The zero-order chi connectivity index (χ0) is 29.8. The van der Waals surface area contributed by atoms with E-state index in [1.165, 1.54) is 36.7 Å². The third-order valence-corrected chi connectivity index (χ3v) is 11.4. The van der Waals surface area contributed by atoms with Crippen molar-refractivity contribution in [3.63, 3.8) is 0 Å². The number of anilines is 1. The number of likely N-dealkylation sites (tertiary alicyclic amines) is 1. The average molecular weight is 612 g/mol. The number of hydrogen-bond acceptors (Lipinski definition) is 6. The largest absolute Gasteiger partial charge is 0.403 e. The molecule has 2 unspecified atom stereocenters. The average Bonchev–Trinajstić information content (AvgIpc) is 3.72. The van der Waals surface area contributed by atoms with E-state index in [-0.39, 0.29) is 17.1 Å². The number of aryl methyl sites for hydroxylation is 1. The molecular weight excluding hydrogens is 573 g/mol. The van der Waals surface area contributed by atoms with E-state index >= 15 is 0 Å². The van der Waals surface area contributed by atoms with Crippen LogP contribution >= 0.6 is 12.2 Å². The molecule has 0 aliphatic carbocycles. The lowest BCUT2D eigenvalue weighted by Crippen LogP contribution is -2.49. The second kappa shape index (κ2) is 11.1. The highest BCUT2D eigenvalue weighted by molar-refractivity contribution is 7.96. The van der Waals surface area contributed by atoms with Crippen LogP contribution in [-0.4, -0.2) is 57.0 Å². The standard InChI is InChI=1S/C35H38FN5O2S/c1-23-37-30-7-2-3-8-32(30)41(23)29-21-27-10-11-28(22-29)40(27)18-15-35(25-5-4-6-26(36)20-25)13-16-39(17-14-35)34(42)24-9-12-33-31(19-24)38-44-43-33/h2-9,12,19-20,27-29,38H,10-11,13-18,21-22H2,1H3. The zero-order valence-corrected chi connectivity index (χ0v) is 25.9. The number of aromatic nitrogens is 2. The molecule has 2 bridgehead atoms. The minimum atomic E-state index is -0.185. The van der Waals surface area contributed by atoms with E-state index in [4.69, 9.17) is 9.17 Å². The van der Waals surface area contributed by atoms with Crippen LogP contribution in [0.3, 0.4) is 0 Å². The van der Waals surface area contributed by atoms with Crippen molar-refractivity contribution < 1.29 is 13.4 Å². The van der Waals surface area contributed by atoms with Crippen LogP contribution in [0.4, 0.5) is 10.1 Å². The predicted octanol–water partition coefficient (Wildman–Crippen LogP) is 7.28. The Hall–Kier alpha value is -3.56. The molecule has 0 radical (unpaired) electrons. The molecule has 1 aromatic heterocycles. The fraction of sp³-hybridized carbons (Fsp3) is 0.429. The van der Waals surface area contributed by atoms with Gasteiger partial charge in [0.25, 0.3) is 5.91 Å². The molecule has 1 amide bonds. The van der Waals surface area contributed by atoms with Gasteiger partial charge in [0.1, 0.15) is 11.6 Å². The van der Waals surface area contributed by atoms with Crippen molar-refractivity contribution in [1.29, 1.82) is 0 Å². The maximum atomic E-state index is 14.6. The summed E-state index contributed by atoms with van der Waals surface area (Å²) in [5.41, 5.74) is 4.75. The van der Waals surface area contributed by atoms with Gasteiger partial charge in [-0.15, -0.1) is 0 Å². The molecule has 7 nitrogen and oxygen atoms in total. The van der Waals surface area contributed by atoms with Gasteiger partial charge >= 0.3 is 0 Å². The lowest BCUT2D eigenvalue weighted by Gasteiger charge is -2.45. The van der Waals surface area contributed by atoms with Gasteiger partial charge in [-0.2, -0.15) is 0 Å². The Kier molecular flexibility index (Phi) is 7.05. The summed E-state index contributed by atoms with van der Waals surface area (Å²) >= 11 is 1.17. The lowest BCUT2D eigenvalue weighted by molar-refractivity contribution is 0.0606. The van der Waals surface area contributed by atoms with Crippen LogP contribution in [-0.2, 0) is 5.41 Å². The van der Waals surface area contributed by atoms with E-state index in [9.17, 15) is 9.18 Å². The summed E-state index contributed by atoms with van der Waals surface area (Å²) in [5, 5.41) is 0. The SMILES string of the molecule is Cc1nc2ccccc2n1C1CC2CCC(C1)N2CCC1(c2cccc(F)c2)CCN(C(=O)c2ccc3c(c2)NSO3)CC1. The minimum Gasteiger partial charge on any atom is -0.403 e. The van der Waals surface area contributed by atoms with Crippen molar-refractivity contribution in [1.82, 2.24) is 19.4 Å². The summed E-state index contributed by atoms with van der Waals surface area (Å²) in [7, 11) is 0. The Bertz CT molecular complexity index is 1700. The molecule has 228 valence electrons. The van der Waals surface area contributed by atoms with Crippen molar-refractivity contribution in [3.05, 3.63) is 89.5 Å². The van der Waals surface area contributed by atoms with Gasteiger partial charge in [0.2, 0.25) is 0 Å². The van der Waals surface area contributed by atoms with Gasteiger partial charge in [-0.05, 0) is 112 Å². The number of halogens is 1. The van der Waals surface area contributed by atoms with Gasteiger partial charge in [-0.1, -0.05) is 24.3 Å². The number of nitrogens with zero attached hydrogens (tertiary/aromatic N) is 4. The smallest absolute Gasteiger partial charge is 0.253 e. The van der Waals surface area contributed by atoms with E-state index in [1.54, 1.807) is 6.07 Å². The monoisotopic (exact) mass is 611 g/mol. The van der Waals surface area contributed by atoms with Crippen LogP contribution in [0.15, 0.2) is 66.7 Å². The summed E-state index contributed by atoms with van der Waals surface area (Å²) < 4.78 is 25.6. The normalized spacial score (nSPS) is 24.2. The van der Waals surface area contributed by atoms with Crippen molar-refractivity contribution in [2.75, 3.05) is 24.4 Å². The summed E-state index contributed by atoms with van der Waals surface area (Å²) in [6, 6.07) is 22.9. The molecule has 8 rings (SSSR count). The first-order valence-electron chi connectivity index (χ1n) is 16.0. The van der Waals surface area contributed by atoms with E-state index in [0.717, 1.165) is 67.0 Å². The van der Waals surface area contributed by atoms with Crippen molar-refractivity contribution in [2.24, 2.45) is 0 Å². The summed E-state index contributed by atoms with van der Waals surface area (Å²) in [6.45, 7) is 4.47. The fourth-order valence-corrected chi connectivity index (χ4v) is 9.06. The highest BCUT2D eigenvalue weighted by atomic mass is 32.2. The molecule has 4 aliphatic rings. The highest BCUT2D eigenvalue weighted by Gasteiger charge is 2.44. The topological polar surface area (TPSA) is 62.6 Å². The maximum absolute atomic E-state index is 14.6. The van der Waals surface area contributed by atoms with Crippen molar-refractivity contribution in [3.8, 4) is 5.75 Å². The molecule has 4 aliphatic heterocycles. The van der Waals surface area contributed by atoms with Gasteiger partial charge < -0.3 is 13.7 Å². The van der Waals surface area contributed by atoms with E-state index in [0.29, 0.717) is 36.8 Å². The quantitative estimate of drug-likeness (QED) is 0.183. The minimum absolute atomic E-state index is 0.0433. The number of carbonyl (C=O) groups is 1. The molecular formula is C35H38FN5O2S. The van der Waals surface area contributed by atoms with E-state index in [1.807, 2.05) is 29.2 Å². The molecule has 0 saturated carbocycles. The number of hydrogen-bond donors (Lipinski definition) is 1. The number of benzene rings is 3. The van der Waals surface area contributed by atoms with Gasteiger partial charge in [-0.25, -0.2) is 9.37 Å². The van der Waals surface area contributed by atoms with Crippen LogP contribution in [0.5, 0.6) is 5.75 Å². The first kappa shape index (κ1) is 28.0. The molecule has 4 aromatic rings. The zero-order valence-electron chi connectivity index (χ0n) is 25.0. The van der Waals surface area contributed by atoms with E-state index < -0.39 is 0 Å². The van der Waals surface area contributed by atoms with Crippen LogP contribution in [0, 0.1) is 12.7 Å². The second-order valence-electron chi connectivity index (χ2n) is 13.1. The number of fused-ring (bicyclic) bond motifs is 4. The van der Waals surface area contributed by atoms with Gasteiger partial charge in [0.05, 0.1) is 16.7 Å². The number of carbonyl (C=O) groups excluding carboxylic acids is 1. The molecule has 3 aromatic carbocycles. The van der Waals surface area contributed by atoms with Gasteiger partial charge in [0.15, 0.2) is 18.0 Å². The molecule has 5 heterocycles. The first-order chi connectivity index (χ1) is 21.5. The van der Waals surface area contributed by atoms with Crippen molar-refractivity contribution >= 4 is 34.9 Å². The van der Waals surface area contributed by atoms with Crippen LogP contribution < -0.4 is 8.91 Å². The number of imidazole rings is 1. The number of para-hydroxylation sites is 2. The van der Waals surface area contributed by atoms with Gasteiger partial charge in [0, 0.05) is 36.8 Å². The van der Waals surface area contributed by atoms with Gasteiger partial charge in [-0.3, -0.25) is 14.4 Å². The number of piperidine rings is 2. The first-order valence-corrected chi connectivity index (χ1v) is 16.7. The Labute approximate surface area is 262 Å². The molecule has 0 spiro atoms. The molecule has 3 fully saturated rings. The number of nitrogens with one attached hydrogen (secondary N) is 1. The van der Waals surface area contributed by atoms with Crippen LogP contribution in [0.25, 0.3) is 11.0 Å². The highest BCUT2D eigenvalue weighted by Crippen LogP contribution is 2.45. The summed E-state index contributed by atoms with van der Waals surface area (Å²) in [5.74, 6) is 1.72. The number of amides is 1. The van der Waals surface area contributed by atoms with Crippen LogP contribution in [0.2, 0.25) is 0 Å². The maximum Gasteiger partial charge on any atom is 0.253 e. The summed E-state index contributed by atoms with van der Waals surface area (Å²) in [4.78, 5) is 23.1. The number of rotatable bonds is 6.